The normalized spacial score (nSPS) is 35.9. The fraction of sp³-hybridized carbons (Fsp3) is 0.469. The van der Waals surface area contributed by atoms with E-state index in [4.69, 9.17) is 16.1 Å². The number of piperidine rings is 1. The summed E-state index contributed by atoms with van der Waals surface area (Å²) in [6.45, 7) is 4.85. The monoisotopic (exact) mass is 648 g/mol. The second-order valence-corrected chi connectivity index (χ2v) is 16.0. The van der Waals surface area contributed by atoms with Gasteiger partial charge in [-0.25, -0.2) is 4.57 Å². The zero-order valence-electron chi connectivity index (χ0n) is 24.6. The van der Waals surface area contributed by atoms with Gasteiger partial charge in [0.25, 0.3) is 0 Å². The van der Waals surface area contributed by atoms with Crippen molar-refractivity contribution >= 4 is 53.6 Å². The SMILES string of the molecule is Cc1c[nH]c2c1C13CC1CN(C(=O)C14CC5(C(=O)N6CC(CCl)c7c6cc(OP(=O)(O)O)c6[nH]cc(C)c76)CC15C4)C3=CC2=O. The first kappa shape index (κ1) is 26.8. The highest BCUT2D eigenvalue weighted by Gasteiger charge is 3.01. The van der Waals surface area contributed by atoms with Crippen LogP contribution in [0.4, 0.5) is 5.69 Å². The van der Waals surface area contributed by atoms with Crippen molar-refractivity contribution in [2.24, 2.45) is 22.2 Å². The van der Waals surface area contributed by atoms with Crippen molar-refractivity contribution in [3.8, 4) is 5.75 Å². The minimum absolute atomic E-state index is 0.0246. The molecule has 0 bridgehead atoms. The molecule has 6 atom stereocenters. The Morgan fingerprint density at radius 3 is 2.47 bits per heavy atom. The third kappa shape index (κ3) is 2.82. The summed E-state index contributed by atoms with van der Waals surface area (Å²) in [5.74, 6) is 0.270. The van der Waals surface area contributed by atoms with Crippen molar-refractivity contribution < 1.29 is 33.3 Å². The van der Waals surface area contributed by atoms with Crippen LogP contribution in [0.25, 0.3) is 10.9 Å². The number of fused-ring (bicyclic) bond motifs is 4. The molecule has 7 aliphatic rings. The fourth-order valence-corrected chi connectivity index (χ4v) is 11.3. The first-order valence-corrected chi connectivity index (χ1v) is 17.4. The molecule has 1 aromatic carbocycles. The number of halogens is 1. The van der Waals surface area contributed by atoms with Crippen molar-refractivity contribution in [2.75, 3.05) is 23.9 Å². The molecule has 5 fully saturated rings. The minimum Gasteiger partial charge on any atom is -0.402 e. The first-order chi connectivity index (χ1) is 21.3. The Hall–Kier alpha value is -3.37. The molecule has 2 spiro atoms. The lowest BCUT2D eigenvalue weighted by Gasteiger charge is -2.38. The molecule has 2 aliphatic heterocycles. The summed E-state index contributed by atoms with van der Waals surface area (Å²) in [6, 6.07) is 1.53. The number of benzene rings is 1. The van der Waals surface area contributed by atoms with E-state index in [1.54, 1.807) is 17.2 Å². The molecule has 45 heavy (non-hydrogen) atoms. The molecule has 5 aliphatic carbocycles. The van der Waals surface area contributed by atoms with Gasteiger partial charge in [0.1, 0.15) is 0 Å². The number of likely N-dealkylation sites (tertiary alicyclic amines) is 1. The van der Waals surface area contributed by atoms with Gasteiger partial charge in [-0.15, -0.1) is 11.6 Å². The highest BCUT2D eigenvalue weighted by Crippen LogP contribution is 3.01. The number of ketones is 1. The van der Waals surface area contributed by atoms with Gasteiger partial charge in [-0.1, -0.05) is 0 Å². The van der Waals surface area contributed by atoms with E-state index in [-0.39, 0.29) is 46.0 Å². The molecule has 4 heterocycles. The number of aryl methyl sites for hydroxylation is 2. The molecule has 2 amide bonds. The van der Waals surface area contributed by atoms with Gasteiger partial charge in [0.2, 0.25) is 17.6 Å². The molecular weight excluding hydrogens is 619 g/mol. The van der Waals surface area contributed by atoms with E-state index in [1.807, 2.05) is 24.9 Å². The molecule has 4 saturated carbocycles. The Morgan fingerprint density at radius 1 is 1.07 bits per heavy atom. The Bertz CT molecular complexity index is 2100. The van der Waals surface area contributed by atoms with Crippen LogP contribution in [0.3, 0.4) is 0 Å². The zero-order valence-corrected chi connectivity index (χ0v) is 26.2. The number of H-pyrrole nitrogens is 2. The Labute approximate surface area is 262 Å². The second kappa shape index (κ2) is 7.60. The van der Waals surface area contributed by atoms with Gasteiger partial charge in [0.05, 0.1) is 27.7 Å². The number of aromatic amines is 2. The largest absolute Gasteiger partial charge is 0.524 e. The van der Waals surface area contributed by atoms with Crippen LogP contribution >= 0.6 is 19.4 Å². The van der Waals surface area contributed by atoms with E-state index < -0.39 is 18.7 Å². The highest BCUT2D eigenvalue weighted by molar-refractivity contribution is 7.46. The summed E-state index contributed by atoms with van der Waals surface area (Å²) < 4.78 is 16.9. The molecule has 4 N–H and O–H groups in total. The number of amides is 2. The van der Waals surface area contributed by atoms with Crippen LogP contribution < -0.4 is 9.42 Å². The number of nitrogens with zero attached hydrogens (tertiary/aromatic N) is 2. The van der Waals surface area contributed by atoms with Crippen LogP contribution in [0.1, 0.15) is 64.3 Å². The molecule has 0 radical (unpaired) electrons. The van der Waals surface area contributed by atoms with Crippen molar-refractivity contribution in [1.82, 2.24) is 14.9 Å². The van der Waals surface area contributed by atoms with Gasteiger partial charge in [-0.3, -0.25) is 24.2 Å². The number of phosphoric ester groups is 1. The van der Waals surface area contributed by atoms with E-state index in [1.165, 1.54) is 6.07 Å². The summed E-state index contributed by atoms with van der Waals surface area (Å²) in [5.41, 5.74) is 4.45. The molecule has 6 unspecified atom stereocenters. The lowest BCUT2D eigenvalue weighted by atomic mass is 9.72. The summed E-state index contributed by atoms with van der Waals surface area (Å²) in [5, 5.41) is 0.752. The number of hydrogen-bond donors (Lipinski definition) is 4. The molecule has 1 saturated heterocycles. The summed E-state index contributed by atoms with van der Waals surface area (Å²) >= 11 is 6.45. The van der Waals surface area contributed by atoms with Gasteiger partial charge < -0.3 is 24.3 Å². The molecular formula is C32H30ClN4O7P. The maximum atomic E-state index is 14.5. The minimum atomic E-state index is -4.88. The predicted molar refractivity (Wildman–Crippen MR) is 162 cm³/mol. The summed E-state index contributed by atoms with van der Waals surface area (Å²) in [4.78, 5) is 70.9. The van der Waals surface area contributed by atoms with Crippen LogP contribution in [-0.4, -0.2) is 61.2 Å². The molecule has 2 aromatic heterocycles. The molecule has 10 rings (SSSR count). The number of alkyl halides is 1. The summed E-state index contributed by atoms with van der Waals surface area (Å²) in [7, 11) is -4.88. The van der Waals surface area contributed by atoms with Crippen molar-refractivity contribution in [3.05, 3.63) is 58.2 Å². The number of aromatic nitrogens is 2. The number of allylic oxidation sites excluding steroid dienone is 2. The third-order valence-corrected chi connectivity index (χ3v) is 13.4. The van der Waals surface area contributed by atoms with Crippen LogP contribution in [0.5, 0.6) is 5.75 Å². The molecule has 13 heteroatoms. The maximum Gasteiger partial charge on any atom is 0.524 e. The van der Waals surface area contributed by atoms with E-state index in [2.05, 4.69) is 9.97 Å². The second-order valence-electron chi connectivity index (χ2n) is 14.6. The number of carbonyl (C=O) groups is 3. The molecule has 3 aromatic rings. The maximum absolute atomic E-state index is 14.5. The molecule has 232 valence electrons. The average molecular weight is 649 g/mol. The average Bonchev–Trinajstić information content (AvgIpc) is 3.64. The Morgan fingerprint density at radius 2 is 1.78 bits per heavy atom. The number of phosphoric acid groups is 1. The Balaban J connectivity index is 0.970. The van der Waals surface area contributed by atoms with Crippen molar-refractivity contribution in [1.29, 1.82) is 0 Å². The zero-order chi connectivity index (χ0) is 31.2. The van der Waals surface area contributed by atoms with Crippen LogP contribution in [0.15, 0.2) is 30.2 Å². The number of nitrogens with one attached hydrogen (secondary N) is 2. The number of anilines is 1. The van der Waals surface area contributed by atoms with E-state index in [0.29, 0.717) is 55.2 Å². The van der Waals surface area contributed by atoms with E-state index >= 15 is 0 Å². The fourth-order valence-electron chi connectivity index (χ4n) is 10.7. The van der Waals surface area contributed by atoms with Crippen LogP contribution in [-0.2, 0) is 19.6 Å². The van der Waals surface area contributed by atoms with Crippen molar-refractivity contribution in [2.45, 2.75) is 50.9 Å². The van der Waals surface area contributed by atoms with Crippen LogP contribution in [0.2, 0.25) is 0 Å². The standard InChI is InChI=1S/C32H30ClN4O7P/c1-14-7-35-26-20(44-45(41,42)43)3-18-23(22(14)26)16(6-33)9-36(18)27(39)29-11-30(13-31(29,30)12-29)28(40)37-10-17-5-32(17)21(37)4-19(38)25-24(32)15(2)8-34-25/h3-4,7-8,16-17,34-35H,5-6,9-13H2,1-2H3,(H2,41,42,43). The number of hydrogen-bond acceptors (Lipinski definition) is 5. The summed E-state index contributed by atoms with van der Waals surface area (Å²) in [6.07, 6.45) is 8.01. The van der Waals surface area contributed by atoms with E-state index in [0.717, 1.165) is 39.8 Å². The van der Waals surface area contributed by atoms with Gasteiger partial charge in [-0.05, 0) is 67.7 Å². The number of carbonyl (C=O) groups excluding carboxylic acids is 3. The van der Waals surface area contributed by atoms with Gasteiger partial charge >= 0.3 is 7.82 Å². The smallest absolute Gasteiger partial charge is 0.402 e. The topological polar surface area (TPSA) is 156 Å². The first-order valence-electron chi connectivity index (χ1n) is 15.4. The molecule has 11 nitrogen and oxygen atoms in total. The predicted octanol–water partition coefficient (Wildman–Crippen LogP) is 4.30. The van der Waals surface area contributed by atoms with E-state index in [9.17, 15) is 28.7 Å². The quantitative estimate of drug-likeness (QED) is 0.237. The third-order valence-electron chi connectivity index (χ3n) is 12.6. The van der Waals surface area contributed by atoms with Crippen LogP contribution in [0, 0.1) is 36.0 Å². The van der Waals surface area contributed by atoms with Gasteiger partial charge in [0.15, 0.2) is 5.75 Å². The van der Waals surface area contributed by atoms with Crippen molar-refractivity contribution in [3.63, 3.8) is 0 Å². The lowest BCUT2D eigenvalue weighted by Crippen LogP contribution is -2.49. The highest BCUT2D eigenvalue weighted by atomic mass is 35.5. The lowest BCUT2D eigenvalue weighted by molar-refractivity contribution is -0.142. The number of rotatable bonds is 5. The Kier molecular flexibility index (Phi) is 4.53. The van der Waals surface area contributed by atoms with Gasteiger partial charge in [-0.2, -0.15) is 0 Å². The van der Waals surface area contributed by atoms with Gasteiger partial charge in [0, 0.05) is 71.3 Å².